The summed E-state index contributed by atoms with van der Waals surface area (Å²) >= 11 is 5.77. The smallest absolute Gasteiger partial charge is 0.335 e. The summed E-state index contributed by atoms with van der Waals surface area (Å²) in [5, 5.41) is 9.67. The molecule has 11 heteroatoms. The second kappa shape index (κ2) is 11.5. The van der Waals surface area contributed by atoms with Crippen LogP contribution in [0.4, 0.5) is 13.2 Å². The summed E-state index contributed by atoms with van der Waals surface area (Å²) in [5.41, 5.74) is 2.50. The van der Waals surface area contributed by atoms with Crippen LogP contribution >= 0.6 is 11.6 Å². The van der Waals surface area contributed by atoms with E-state index in [0.29, 0.717) is 35.6 Å². The number of pyridine rings is 1. The Labute approximate surface area is 243 Å². The predicted molar refractivity (Wildman–Crippen MR) is 149 cm³/mol. The maximum atomic E-state index is 15.4. The molecular formula is C31H23ClF3N3O4. The average Bonchev–Trinajstić information content (AvgIpc) is 3.27. The van der Waals surface area contributed by atoms with Gasteiger partial charge in [0, 0.05) is 29.2 Å². The van der Waals surface area contributed by atoms with E-state index in [4.69, 9.17) is 26.1 Å². The standard InChI is InChI=1S/C31H23ClF3N3O4/c32-20-4-2-19(24(34)14-20)16-42-30-23(33)6-8-26(37-30)22-5-1-17(11-25(22)35)12-29-36-27-7-3-18(31(39)40)13-28(27)38(29)15-21-9-10-41-21/h1-8,11,13-14,21H,9-10,12,15-16H2,(H,39,40). The summed E-state index contributed by atoms with van der Waals surface area (Å²) in [6.45, 7) is 0.873. The van der Waals surface area contributed by atoms with Gasteiger partial charge in [-0.2, -0.15) is 0 Å². The van der Waals surface area contributed by atoms with Crippen molar-refractivity contribution in [1.82, 2.24) is 14.5 Å². The van der Waals surface area contributed by atoms with Crippen molar-refractivity contribution < 1.29 is 32.5 Å². The first-order chi connectivity index (χ1) is 20.2. The van der Waals surface area contributed by atoms with Gasteiger partial charge in [0.2, 0.25) is 0 Å². The molecule has 1 saturated heterocycles. The van der Waals surface area contributed by atoms with Crippen molar-refractivity contribution in [2.24, 2.45) is 0 Å². The van der Waals surface area contributed by atoms with Crippen LogP contribution in [0.1, 0.15) is 33.7 Å². The number of aromatic carboxylic acids is 1. The van der Waals surface area contributed by atoms with Crippen molar-refractivity contribution in [1.29, 1.82) is 0 Å². The second-order valence-corrected chi connectivity index (χ2v) is 10.4. The third-order valence-electron chi connectivity index (χ3n) is 7.12. The SMILES string of the molecule is O=C(O)c1ccc2nc(Cc3ccc(-c4ccc(F)c(OCc5ccc(Cl)cc5F)n4)c(F)c3)n(CC3CCO3)c2c1. The molecule has 3 heterocycles. The molecule has 0 aliphatic carbocycles. The molecule has 42 heavy (non-hydrogen) atoms. The quantitative estimate of drug-likeness (QED) is 0.202. The third kappa shape index (κ3) is 5.68. The van der Waals surface area contributed by atoms with Gasteiger partial charge in [-0.3, -0.25) is 0 Å². The minimum atomic E-state index is -1.04. The summed E-state index contributed by atoms with van der Waals surface area (Å²) in [7, 11) is 0. The highest BCUT2D eigenvalue weighted by Crippen LogP contribution is 2.28. The van der Waals surface area contributed by atoms with Gasteiger partial charge >= 0.3 is 5.97 Å². The maximum Gasteiger partial charge on any atom is 0.335 e. The largest absolute Gasteiger partial charge is 0.478 e. The van der Waals surface area contributed by atoms with E-state index in [1.165, 1.54) is 36.4 Å². The Morgan fingerprint density at radius 2 is 1.83 bits per heavy atom. The highest BCUT2D eigenvalue weighted by atomic mass is 35.5. The number of rotatable bonds is 9. The maximum absolute atomic E-state index is 15.4. The Kier molecular flexibility index (Phi) is 7.57. The lowest BCUT2D eigenvalue weighted by atomic mass is 10.0. The zero-order chi connectivity index (χ0) is 29.4. The van der Waals surface area contributed by atoms with E-state index in [1.807, 2.05) is 4.57 Å². The summed E-state index contributed by atoms with van der Waals surface area (Å²) in [4.78, 5) is 20.4. The molecule has 1 fully saturated rings. The Morgan fingerprint density at radius 1 is 1.00 bits per heavy atom. The number of fused-ring (bicyclic) bond motifs is 1. The Balaban J connectivity index is 1.25. The van der Waals surface area contributed by atoms with Crippen LogP contribution in [0, 0.1) is 17.5 Å². The number of aromatic nitrogens is 3. The minimum absolute atomic E-state index is 0.00843. The van der Waals surface area contributed by atoms with Crippen LogP contribution in [0.15, 0.2) is 66.7 Å². The van der Waals surface area contributed by atoms with Gasteiger partial charge in [-0.25, -0.2) is 27.9 Å². The highest BCUT2D eigenvalue weighted by molar-refractivity contribution is 6.30. The fourth-order valence-electron chi connectivity index (χ4n) is 4.79. The highest BCUT2D eigenvalue weighted by Gasteiger charge is 2.23. The molecule has 3 aromatic carbocycles. The summed E-state index contributed by atoms with van der Waals surface area (Å²) in [6, 6.07) is 15.8. The number of carboxylic acids is 1. The minimum Gasteiger partial charge on any atom is -0.478 e. The Bertz CT molecular complexity index is 1820. The number of imidazole rings is 1. The molecule has 0 spiro atoms. The van der Waals surface area contributed by atoms with E-state index in [9.17, 15) is 18.7 Å². The second-order valence-electron chi connectivity index (χ2n) is 9.93. The molecule has 0 bridgehead atoms. The van der Waals surface area contributed by atoms with Crippen molar-refractivity contribution in [2.75, 3.05) is 6.61 Å². The predicted octanol–water partition coefficient (Wildman–Crippen LogP) is 6.83. The number of nitrogens with zero attached hydrogens (tertiary/aromatic N) is 3. The van der Waals surface area contributed by atoms with Crippen LogP contribution in [0.25, 0.3) is 22.3 Å². The van der Waals surface area contributed by atoms with Crippen LogP contribution in [0.3, 0.4) is 0 Å². The number of ether oxygens (including phenoxy) is 2. The van der Waals surface area contributed by atoms with Crippen LogP contribution < -0.4 is 4.74 Å². The molecule has 0 radical (unpaired) electrons. The fourth-order valence-corrected chi connectivity index (χ4v) is 4.95. The van der Waals surface area contributed by atoms with Crippen molar-refractivity contribution in [3.63, 3.8) is 0 Å². The van der Waals surface area contributed by atoms with Crippen LogP contribution in [-0.4, -0.2) is 38.3 Å². The first-order valence-corrected chi connectivity index (χ1v) is 13.5. The lowest BCUT2D eigenvalue weighted by Gasteiger charge is -2.27. The first kappa shape index (κ1) is 27.7. The van der Waals surface area contributed by atoms with E-state index in [0.717, 1.165) is 18.6 Å². The fraction of sp³-hybridized carbons (Fsp3) is 0.194. The molecule has 0 amide bonds. The number of carboxylic acid groups (broad SMARTS) is 1. The molecule has 7 nitrogen and oxygen atoms in total. The van der Waals surface area contributed by atoms with Gasteiger partial charge in [-0.15, -0.1) is 0 Å². The Hall–Kier alpha value is -4.41. The third-order valence-corrected chi connectivity index (χ3v) is 7.35. The van der Waals surface area contributed by atoms with Gasteiger partial charge in [0.1, 0.15) is 24.1 Å². The van der Waals surface area contributed by atoms with Gasteiger partial charge < -0.3 is 19.1 Å². The molecule has 1 unspecified atom stereocenters. The Morgan fingerprint density at radius 3 is 2.55 bits per heavy atom. The zero-order valence-electron chi connectivity index (χ0n) is 22.0. The van der Waals surface area contributed by atoms with Gasteiger partial charge in [0.05, 0.1) is 34.9 Å². The van der Waals surface area contributed by atoms with Gasteiger partial charge in [-0.05, 0) is 66.6 Å². The van der Waals surface area contributed by atoms with Crippen molar-refractivity contribution in [3.05, 3.63) is 112 Å². The molecule has 1 aliphatic heterocycles. The van der Waals surface area contributed by atoms with E-state index in [-0.39, 0.29) is 46.5 Å². The monoisotopic (exact) mass is 593 g/mol. The van der Waals surface area contributed by atoms with Crippen molar-refractivity contribution in [2.45, 2.75) is 32.1 Å². The topological polar surface area (TPSA) is 86.5 Å². The average molecular weight is 594 g/mol. The van der Waals surface area contributed by atoms with Gasteiger partial charge in [0.25, 0.3) is 5.88 Å². The van der Waals surface area contributed by atoms with E-state index >= 15 is 4.39 Å². The summed E-state index contributed by atoms with van der Waals surface area (Å²) in [5.74, 6) is -2.75. The van der Waals surface area contributed by atoms with Crippen molar-refractivity contribution >= 4 is 28.6 Å². The number of carbonyl (C=O) groups is 1. The number of halogens is 4. The van der Waals surface area contributed by atoms with E-state index in [2.05, 4.69) is 4.98 Å². The molecule has 2 aromatic heterocycles. The van der Waals surface area contributed by atoms with Crippen LogP contribution in [-0.2, 0) is 24.3 Å². The molecule has 5 aromatic rings. The van der Waals surface area contributed by atoms with E-state index < -0.39 is 29.3 Å². The molecule has 1 aliphatic rings. The van der Waals surface area contributed by atoms with E-state index in [1.54, 1.807) is 18.2 Å². The summed E-state index contributed by atoms with van der Waals surface area (Å²) < 4.78 is 56.8. The first-order valence-electron chi connectivity index (χ1n) is 13.1. The number of hydrogen-bond donors (Lipinski definition) is 1. The zero-order valence-corrected chi connectivity index (χ0v) is 22.7. The van der Waals surface area contributed by atoms with Crippen LogP contribution in [0.5, 0.6) is 5.88 Å². The van der Waals surface area contributed by atoms with Gasteiger partial charge in [0.15, 0.2) is 5.82 Å². The summed E-state index contributed by atoms with van der Waals surface area (Å²) in [6.07, 6.45) is 1.15. The molecule has 214 valence electrons. The number of hydrogen-bond acceptors (Lipinski definition) is 5. The van der Waals surface area contributed by atoms with Gasteiger partial charge in [-0.1, -0.05) is 23.7 Å². The molecular weight excluding hydrogens is 571 g/mol. The molecule has 0 saturated carbocycles. The lowest BCUT2D eigenvalue weighted by Crippen LogP contribution is -2.31. The molecule has 6 rings (SSSR count). The van der Waals surface area contributed by atoms with Crippen LogP contribution in [0.2, 0.25) is 5.02 Å². The molecule has 1 atom stereocenters. The number of benzene rings is 3. The van der Waals surface area contributed by atoms with Crippen molar-refractivity contribution in [3.8, 4) is 17.1 Å². The lowest BCUT2D eigenvalue weighted by molar-refractivity contribution is -0.0589. The molecule has 1 N–H and O–H groups in total. The normalized spacial score (nSPS) is 14.6.